The number of ether oxygens (including phenoxy) is 1. The Labute approximate surface area is 166 Å². The molecular weight excluding hydrogens is 384 g/mol. The van der Waals surface area contributed by atoms with E-state index in [9.17, 15) is 13.6 Å². The first-order valence-electron chi connectivity index (χ1n) is 9.06. The smallest absolute Gasteiger partial charge is 0.343 e. The predicted molar refractivity (Wildman–Crippen MR) is 106 cm³/mol. The number of carbonyl (C=O) groups is 1. The highest BCUT2D eigenvalue weighted by Crippen LogP contribution is 2.28. The Bertz CT molecular complexity index is 892. The van der Waals surface area contributed by atoms with Gasteiger partial charge in [0, 0.05) is 11.3 Å². The van der Waals surface area contributed by atoms with Crippen LogP contribution in [0.25, 0.3) is 0 Å². The lowest BCUT2D eigenvalue weighted by Crippen LogP contribution is -3.05. The summed E-state index contributed by atoms with van der Waals surface area (Å²) >= 11 is 1.25. The number of thioether (sulfide) groups is 1. The van der Waals surface area contributed by atoms with Gasteiger partial charge in [-0.1, -0.05) is 35.9 Å². The van der Waals surface area contributed by atoms with Gasteiger partial charge in [-0.25, -0.2) is 13.6 Å². The topological polar surface area (TPSA) is 69.1 Å². The standard InChI is InChI=1S/C20H21F2N3O2S/c1-2-19(26)25-17-5-3-4-6-18(17)27-12-14(9-10-23)28-20(24-25)15-11-13(21)7-8-16(15)22/h3-8,11,14H,2,9-10,12,23H2,1H3/p+1/b24-20-/t14-/m1/s1. The molecule has 0 fully saturated rings. The molecule has 0 radical (unpaired) electrons. The number of para-hydroxylation sites is 2. The van der Waals surface area contributed by atoms with Crippen LogP contribution >= 0.6 is 11.8 Å². The molecule has 8 heteroatoms. The normalized spacial score (nSPS) is 21.4. The second-order valence-electron chi connectivity index (χ2n) is 6.29. The Balaban J connectivity index is 2.18. The van der Waals surface area contributed by atoms with E-state index >= 15 is 0 Å². The molecule has 0 saturated carbocycles. The molecule has 0 aromatic heterocycles. The molecule has 2 aromatic rings. The highest BCUT2D eigenvalue weighted by molar-refractivity contribution is 8.15. The van der Waals surface area contributed by atoms with E-state index in [4.69, 9.17) is 10.5 Å². The summed E-state index contributed by atoms with van der Waals surface area (Å²) in [4.78, 5) is 12.6. The molecule has 1 aliphatic heterocycles. The van der Waals surface area contributed by atoms with Crippen molar-refractivity contribution in [3.8, 4) is 5.75 Å². The van der Waals surface area contributed by atoms with Crippen molar-refractivity contribution in [1.29, 1.82) is 0 Å². The number of benzene rings is 2. The summed E-state index contributed by atoms with van der Waals surface area (Å²) in [5.41, 5.74) is 6.28. The molecule has 3 rings (SSSR count). The van der Waals surface area contributed by atoms with Crippen LogP contribution in [0.3, 0.4) is 0 Å². The van der Waals surface area contributed by atoms with E-state index < -0.39 is 11.6 Å². The molecule has 5 nitrogen and oxygen atoms in total. The molecular formula is C20H22F2N3O2S+. The highest BCUT2D eigenvalue weighted by Gasteiger charge is 2.30. The number of amides is 1. The number of hydrogen-bond acceptors (Lipinski definition) is 5. The van der Waals surface area contributed by atoms with Gasteiger partial charge in [0.15, 0.2) is 10.8 Å². The molecule has 3 N–H and O–H groups in total. The van der Waals surface area contributed by atoms with Crippen molar-refractivity contribution in [3.05, 3.63) is 59.7 Å². The summed E-state index contributed by atoms with van der Waals surface area (Å²) in [6, 6.07) is 10.3. The number of hydrogen-bond donors (Lipinski definition) is 2. The Hall–Kier alpha value is -2.29. The third-order valence-corrected chi connectivity index (χ3v) is 5.53. The Kier molecular flexibility index (Phi) is 6.77. The molecule has 148 valence electrons. The van der Waals surface area contributed by atoms with Crippen molar-refractivity contribution in [2.24, 2.45) is 10.8 Å². The minimum Gasteiger partial charge on any atom is -0.486 e. The van der Waals surface area contributed by atoms with Crippen LogP contribution in [0.1, 0.15) is 25.3 Å². The molecule has 0 aliphatic carbocycles. The first kappa shape index (κ1) is 20.4. The molecule has 0 bridgehead atoms. The van der Waals surface area contributed by atoms with Crippen molar-refractivity contribution in [2.75, 3.05) is 13.2 Å². The Morgan fingerprint density at radius 1 is 1.32 bits per heavy atom. The van der Waals surface area contributed by atoms with Gasteiger partial charge >= 0.3 is 5.91 Å². The lowest BCUT2D eigenvalue weighted by Gasteiger charge is -2.16. The predicted octanol–water partition coefficient (Wildman–Crippen LogP) is 2.62. The van der Waals surface area contributed by atoms with Gasteiger partial charge < -0.3 is 10.5 Å². The van der Waals surface area contributed by atoms with Gasteiger partial charge in [0.25, 0.3) is 0 Å². The third-order valence-electron chi connectivity index (χ3n) is 4.29. The number of halogens is 2. The summed E-state index contributed by atoms with van der Waals surface area (Å²) < 4.78 is 34.3. The van der Waals surface area contributed by atoms with E-state index in [1.807, 2.05) is 6.07 Å². The molecule has 1 aliphatic rings. The molecule has 2 atom stereocenters. The van der Waals surface area contributed by atoms with Crippen LogP contribution in [-0.2, 0) is 4.79 Å². The molecule has 2 aromatic carbocycles. The van der Waals surface area contributed by atoms with Crippen LogP contribution in [0.2, 0.25) is 0 Å². The number of nitrogens with two attached hydrogens (primary N) is 1. The van der Waals surface area contributed by atoms with Crippen LogP contribution in [0.4, 0.5) is 14.5 Å². The number of carbonyl (C=O) groups excluding carboxylic acids is 1. The average Bonchev–Trinajstić information content (AvgIpc) is 2.78. The van der Waals surface area contributed by atoms with Crippen LogP contribution < -0.4 is 15.5 Å². The first-order valence-corrected chi connectivity index (χ1v) is 9.94. The quantitative estimate of drug-likeness (QED) is 0.819. The Morgan fingerprint density at radius 3 is 2.86 bits per heavy atom. The molecule has 0 saturated heterocycles. The second-order valence-corrected chi connectivity index (χ2v) is 7.58. The molecule has 0 spiro atoms. The van der Waals surface area contributed by atoms with Crippen LogP contribution in [0.5, 0.6) is 5.75 Å². The molecule has 28 heavy (non-hydrogen) atoms. The third kappa shape index (κ3) is 4.57. The van der Waals surface area contributed by atoms with Gasteiger partial charge in [-0.2, -0.15) is 0 Å². The van der Waals surface area contributed by atoms with E-state index in [0.717, 1.165) is 18.2 Å². The number of quaternary nitrogens is 1. The van der Waals surface area contributed by atoms with Gasteiger partial charge in [-0.05, 0) is 37.2 Å². The van der Waals surface area contributed by atoms with Gasteiger partial charge in [-0.15, -0.1) is 5.01 Å². The fourth-order valence-electron chi connectivity index (χ4n) is 2.84. The molecule has 1 unspecified atom stereocenters. The lowest BCUT2D eigenvalue weighted by atomic mass is 10.2. The maximum atomic E-state index is 14.5. The zero-order valence-electron chi connectivity index (χ0n) is 15.5. The van der Waals surface area contributed by atoms with Gasteiger partial charge in [0.1, 0.15) is 18.2 Å². The van der Waals surface area contributed by atoms with Gasteiger partial charge in [0.05, 0.1) is 12.0 Å². The first-order chi connectivity index (χ1) is 13.5. The fourth-order valence-corrected chi connectivity index (χ4v) is 3.98. The summed E-state index contributed by atoms with van der Waals surface area (Å²) in [6.07, 6.45) is 0.822. The number of nitrogens with zero attached hydrogens (tertiary/aromatic N) is 1. The summed E-state index contributed by atoms with van der Waals surface area (Å²) in [5, 5.41) is 4.82. The second kappa shape index (κ2) is 9.27. The number of rotatable bonds is 4. The van der Waals surface area contributed by atoms with Crippen molar-refractivity contribution >= 4 is 28.4 Å². The maximum Gasteiger partial charge on any atom is 0.343 e. The van der Waals surface area contributed by atoms with E-state index in [1.165, 1.54) is 11.8 Å². The average molecular weight is 406 g/mol. The van der Waals surface area contributed by atoms with Crippen LogP contribution in [0, 0.1) is 11.6 Å². The van der Waals surface area contributed by atoms with Crippen molar-refractivity contribution < 1.29 is 23.3 Å². The van der Waals surface area contributed by atoms with Crippen LogP contribution in [-0.4, -0.2) is 29.4 Å². The number of fused-ring (bicyclic) bond motifs is 1. The summed E-state index contributed by atoms with van der Waals surface area (Å²) in [6.45, 7) is 2.45. The van der Waals surface area contributed by atoms with E-state index in [1.54, 1.807) is 25.1 Å². The number of nitrogens with one attached hydrogen (secondary N) is 1. The summed E-state index contributed by atoms with van der Waals surface area (Å²) in [5.74, 6) is -0.847. The zero-order chi connectivity index (χ0) is 20.1. The SMILES string of the molecule is CCC(=O)[NH+]1/N=C(/c2cc(F)ccc2F)S[C@H](CCN)COc2ccccc21. The largest absolute Gasteiger partial charge is 0.486 e. The lowest BCUT2D eigenvalue weighted by molar-refractivity contribution is -0.756. The Morgan fingerprint density at radius 2 is 2.11 bits per heavy atom. The van der Waals surface area contributed by atoms with E-state index in [2.05, 4.69) is 5.10 Å². The summed E-state index contributed by atoms with van der Waals surface area (Å²) in [7, 11) is 0. The highest BCUT2D eigenvalue weighted by atomic mass is 32.2. The maximum absolute atomic E-state index is 14.5. The van der Waals surface area contributed by atoms with Gasteiger partial charge in [0.2, 0.25) is 5.69 Å². The van der Waals surface area contributed by atoms with E-state index in [0.29, 0.717) is 31.0 Å². The fraction of sp³-hybridized carbons (Fsp3) is 0.300. The zero-order valence-corrected chi connectivity index (χ0v) is 16.3. The molecule has 1 heterocycles. The molecule has 1 amide bonds. The van der Waals surface area contributed by atoms with E-state index in [-0.39, 0.29) is 33.2 Å². The van der Waals surface area contributed by atoms with Crippen LogP contribution in [0.15, 0.2) is 47.6 Å². The van der Waals surface area contributed by atoms with Crippen molar-refractivity contribution in [3.63, 3.8) is 0 Å². The van der Waals surface area contributed by atoms with Crippen molar-refractivity contribution in [2.45, 2.75) is 25.0 Å². The van der Waals surface area contributed by atoms with Gasteiger partial charge in [-0.3, -0.25) is 0 Å². The van der Waals surface area contributed by atoms with Crippen molar-refractivity contribution in [1.82, 2.24) is 0 Å². The minimum absolute atomic E-state index is 0.0211. The minimum atomic E-state index is -0.601. The monoisotopic (exact) mass is 406 g/mol.